The van der Waals surface area contributed by atoms with Crippen molar-refractivity contribution in [2.45, 2.75) is 26.0 Å². The van der Waals surface area contributed by atoms with Crippen LogP contribution in [0.5, 0.6) is 0 Å². The fourth-order valence-corrected chi connectivity index (χ4v) is 5.26. The van der Waals surface area contributed by atoms with Gasteiger partial charge in [-0.15, -0.1) is 24.6 Å². The van der Waals surface area contributed by atoms with Gasteiger partial charge in [0, 0.05) is 23.4 Å². The molecule has 39 heavy (non-hydrogen) atoms. The number of nitrogens with one attached hydrogen (secondary N) is 1. The van der Waals surface area contributed by atoms with Gasteiger partial charge >= 0.3 is 0 Å². The first-order valence-electron chi connectivity index (χ1n) is 13.3. The molecule has 2 heteroatoms. The third kappa shape index (κ3) is 7.90. The number of fused-ring (bicyclic) bond motifs is 6. The number of anilines is 1. The van der Waals surface area contributed by atoms with E-state index >= 15 is 0 Å². The molecule has 0 saturated heterocycles. The van der Waals surface area contributed by atoms with Gasteiger partial charge in [-0.1, -0.05) is 110 Å². The first-order chi connectivity index (χ1) is 19.2. The zero-order valence-corrected chi connectivity index (χ0v) is 23.9. The molecule has 0 saturated carbocycles. The van der Waals surface area contributed by atoms with E-state index in [0.717, 1.165) is 17.9 Å². The number of terminal acetylenes is 1. The van der Waals surface area contributed by atoms with Crippen LogP contribution in [0.25, 0.3) is 32.3 Å². The summed E-state index contributed by atoms with van der Waals surface area (Å²) in [6, 6.07) is 34.5. The number of rotatable bonds is 7. The number of hydrogen-bond acceptors (Lipinski definition) is 2. The lowest BCUT2D eigenvalue weighted by Gasteiger charge is -2.12. The van der Waals surface area contributed by atoms with E-state index in [1.54, 1.807) is 0 Å². The largest absolute Gasteiger partial charge is 0.388 e. The number of thioether (sulfide) groups is 1. The molecular weight excluding hydrogens is 490 g/mol. The Morgan fingerprint density at radius 2 is 1.26 bits per heavy atom. The molecule has 0 heterocycles. The Morgan fingerprint density at radius 1 is 0.718 bits per heavy atom. The molecule has 0 unspecified atom stereocenters. The van der Waals surface area contributed by atoms with Crippen molar-refractivity contribution >= 4 is 49.8 Å². The van der Waals surface area contributed by atoms with E-state index in [1.807, 2.05) is 49.1 Å². The molecule has 0 spiro atoms. The lowest BCUT2D eigenvalue weighted by molar-refractivity contribution is 1.22. The third-order valence-corrected chi connectivity index (χ3v) is 7.49. The minimum absolute atomic E-state index is 0.971. The molecule has 1 N–H and O–H groups in total. The summed E-state index contributed by atoms with van der Waals surface area (Å²) in [5.74, 6) is 0.971. The highest BCUT2D eigenvalue weighted by Crippen LogP contribution is 2.36. The summed E-state index contributed by atoms with van der Waals surface area (Å²) in [7, 11) is 1.91. The molecule has 0 aromatic heterocycles. The van der Waals surface area contributed by atoms with Crippen molar-refractivity contribution in [1.29, 1.82) is 0 Å². The summed E-state index contributed by atoms with van der Waals surface area (Å²) in [6.45, 7) is 4.26. The molecule has 5 aromatic rings. The average Bonchev–Trinajstić information content (AvgIpc) is 3.02. The van der Waals surface area contributed by atoms with E-state index < -0.39 is 0 Å². The summed E-state index contributed by atoms with van der Waals surface area (Å²) >= 11 is 1.89. The van der Waals surface area contributed by atoms with E-state index in [2.05, 4.69) is 129 Å². The smallest absolute Gasteiger partial charge is 0.0337 e. The second-order valence-corrected chi connectivity index (χ2v) is 9.81. The van der Waals surface area contributed by atoms with Crippen molar-refractivity contribution in [2.24, 2.45) is 0 Å². The topological polar surface area (TPSA) is 12.0 Å². The van der Waals surface area contributed by atoms with Gasteiger partial charge < -0.3 is 5.32 Å². The SMILES string of the molecule is C#C.C/C=C(/C=C\C=C/CC)SCc1ccc2c3ccccc3c3ccccc3c2c1.CNc1ccccc1. The van der Waals surface area contributed by atoms with Crippen LogP contribution >= 0.6 is 11.8 Å². The maximum Gasteiger partial charge on any atom is 0.0337 e. The van der Waals surface area contributed by atoms with Crippen LogP contribution in [0, 0.1) is 12.8 Å². The van der Waals surface area contributed by atoms with E-state index in [-0.39, 0.29) is 0 Å². The van der Waals surface area contributed by atoms with Crippen LogP contribution in [0.15, 0.2) is 132 Å². The molecule has 0 aliphatic heterocycles. The van der Waals surface area contributed by atoms with Crippen LogP contribution < -0.4 is 5.32 Å². The Kier molecular flexibility index (Phi) is 12.0. The van der Waals surface area contributed by atoms with Gasteiger partial charge in [0.15, 0.2) is 0 Å². The summed E-state index contributed by atoms with van der Waals surface area (Å²) in [6.07, 6.45) is 19.9. The summed E-state index contributed by atoms with van der Waals surface area (Å²) in [5.41, 5.74) is 2.52. The average molecular weight is 528 g/mol. The lowest BCUT2D eigenvalue weighted by Crippen LogP contribution is -1.86. The standard InChI is InChI=1S/C28H26S.C7H9N.C2H2/c1-3-5-6-7-12-22(4-2)29-20-21-17-18-27-25-15-9-8-13-23(25)24-14-10-11-16-26(24)28(27)19-21;1-8-7-5-3-2-4-6-7;1-2/h4-19H,3,20H2,1-2H3;2-6,8H,1H3;1-2H/b6-5-,12-7-,22-4-;;. The van der Waals surface area contributed by atoms with Crippen LogP contribution in [0.1, 0.15) is 25.8 Å². The van der Waals surface area contributed by atoms with Gasteiger partial charge in [0.2, 0.25) is 0 Å². The number of para-hydroxylation sites is 1. The molecule has 0 radical (unpaired) electrons. The van der Waals surface area contributed by atoms with Crippen LogP contribution in [0.2, 0.25) is 0 Å². The van der Waals surface area contributed by atoms with E-state index in [4.69, 9.17) is 0 Å². The van der Waals surface area contributed by atoms with Crippen LogP contribution in [-0.4, -0.2) is 7.05 Å². The second-order valence-electron chi connectivity index (χ2n) is 8.76. The zero-order valence-electron chi connectivity index (χ0n) is 23.1. The minimum atomic E-state index is 0.971. The van der Waals surface area contributed by atoms with Crippen molar-refractivity contribution in [1.82, 2.24) is 0 Å². The molecule has 0 bridgehead atoms. The van der Waals surface area contributed by atoms with Crippen molar-refractivity contribution in [3.63, 3.8) is 0 Å². The highest BCUT2D eigenvalue weighted by Gasteiger charge is 2.08. The molecule has 0 aliphatic rings. The van der Waals surface area contributed by atoms with Crippen molar-refractivity contribution in [2.75, 3.05) is 12.4 Å². The first kappa shape index (κ1) is 29.4. The molecule has 0 aliphatic carbocycles. The highest BCUT2D eigenvalue weighted by atomic mass is 32.2. The summed E-state index contributed by atoms with van der Waals surface area (Å²) < 4.78 is 0. The zero-order chi connectivity index (χ0) is 27.9. The van der Waals surface area contributed by atoms with Gasteiger partial charge in [0.05, 0.1) is 0 Å². The van der Waals surface area contributed by atoms with Gasteiger partial charge in [0.25, 0.3) is 0 Å². The molecule has 0 amide bonds. The van der Waals surface area contributed by atoms with Gasteiger partial charge in [-0.25, -0.2) is 0 Å². The van der Waals surface area contributed by atoms with E-state index in [9.17, 15) is 0 Å². The summed E-state index contributed by atoms with van der Waals surface area (Å²) in [5, 5.41) is 11.0. The molecule has 0 fully saturated rings. The Bertz CT molecular complexity index is 1550. The molecule has 196 valence electrons. The quantitative estimate of drug-likeness (QED) is 0.128. The molecule has 5 aromatic carbocycles. The number of hydrogen-bond donors (Lipinski definition) is 1. The van der Waals surface area contributed by atoms with Crippen LogP contribution in [-0.2, 0) is 5.75 Å². The molecule has 1 nitrogen and oxygen atoms in total. The Labute approximate surface area is 238 Å². The van der Waals surface area contributed by atoms with E-state index in [0.29, 0.717) is 0 Å². The molecular formula is C37H37NS. The fraction of sp³-hybridized carbons (Fsp3) is 0.135. The van der Waals surface area contributed by atoms with Gasteiger partial charge in [-0.05, 0) is 75.5 Å². The van der Waals surface area contributed by atoms with Gasteiger partial charge in [-0.2, -0.15) is 0 Å². The van der Waals surface area contributed by atoms with Gasteiger partial charge in [-0.3, -0.25) is 0 Å². The fourth-order valence-electron chi connectivity index (χ4n) is 4.41. The van der Waals surface area contributed by atoms with Crippen molar-refractivity contribution in [3.05, 3.63) is 138 Å². The van der Waals surface area contributed by atoms with Crippen molar-refractivity contribution < 1.29 is 0 Å². The Morgan fingerprint density at radius 3 is 1.77 bits per heavy atom. The minimum Gasteiger partial charge on any atom is -0.388 e. The predicted octanol–water partition coefficient (Wildman–Crippen LogP) is 10.8. The highest BCUT2D eigenvalue weighted by molar-refractivity contribution is 8.02. The van der Waals surface area contributed by atoms with Crippen molar-refractivity contribution in [3.8, 4) is 12.8 Å². The first-order valence-corrected chi connectivity index (χ1v) is 14.2. The summed E-state index contributed by atoms with van der Waals surface area (Å²) in [4.78, 5) is 1.30. The maximum atomic E-state index is 4.00. The Balaban J connectivity index is 0.000000357. The Hall–Kier alpha value is -4.19. The second kappa shape index (κ2) is 15.9. The van der Waals surface area contributed by atoms with Gasteiger partial charge in [0.1, 0.15) is 0 Å². The van der Waals surface area contributed by atoms with Crippen LogP contribution in [0.4, 0.5) is 5.69 Å². The normalized spacial score (nSPS) is 11.4. The number of benzene rings is 5. The third-order valence-electron chi connectivity index (χ3n) is 6.30. The lowest BCUT2D eigenvalue weighted by atomic mass is 9.93. The molecule has 0 atom stereocenters. The number of allylic oxidation sites excluding steroid dienone is 5. The van der Waals surface area contributed by atoms with Crippen LogP contribution in [0.3, 0.4) is 0 Å². The van der Waals surface area contributed by atoms with E-state index in [1.165, 1.54) is 42.8 Å². The molecule has 5 rings (SSSR count). The maximum absolute atomic E-state index is 4.00. The monoisotopic (exact) mass is 527 g/mol. The predicted molar refractivity (Wildman–Crippen MR) is 178 cm³/mol.